The van der Waals surface area contributed by atoms with Gasteiger partial charge in [-0.15, -0.1) is 0 Å². The number of hydrogen-bond donors (Lipinski definition) is 0. The van der Waals surface area contributed by atoms with E-state index in [0.29, 0.717) is 0 Å². The molecule has 0 bridgehead atoms. The zero-order chi connectivity index (χ0) is 26.2. The van der Waals surface area contributed by atoms with Gasteiger partial charge in [0.15, 0.2) is 0 Å². The maximum atomic E-state index is 6.39. The van der Waals surface area contributed by atoms with E-state index in [1.165, 1.54) is 66.1 Å². The van der Waals surface area contributed by atoms with Crippen molar-refractivity contribution in [2.45, 2.75) is 0 Å². The number of fused-ring (bicyclic) bond motifs is 2. The largest absolute Gasteiger partial charge is 0.113 e. The highest BCUT2D eigenvalue weighted by Crippen LogP contribution is 2.43. The van der Waals surface area contributed by atoms with E-state index >= 15 is 0 Å². The highest BCUT2D eigenvalue weighted by atomic mass is 14.2. The average Bonchev–Trinajstić information content (AvgIpc) is 3.01. The highest BCUT2D eigenvalue weighted by molar-refractivity contribution is 6.34. The second-order valence-electron chi connectivity index (χ2n) is 9.99. The van der Waals surface area contributed by atoms with Crippen LogP contribution in [0.4, 0.5) is 0 Å². The van der Waals surface area contributed by atoms with Crippen LogP contribution in [0.3, 0.4) is 0 Å². The molecule has 0 saturated heterocycles. The van der Waals surface area contributed by atoms with Crippen LogP contribution in [0.15, 0.2) is 152 Å². The smallest absolute Gasteiger partial charge is 0.0960 e. The average molecular weight is 492 g/mol. The van der Waals surface area contributed by atoms with Crippen molar-refractivity contribution in [2.24, 2.45) is 0 Å². The molecule has 0 N–H and O–H groups in total. The van der Waals surface area contributed by atoms with Crippen molar-refractivity contribution in [1.82, 2.24) is 0 Å². The van der Waals surface area contributed by atoms with E-state index in [1.54, 1.807) is 0 Å². The van der Waals surface area contributed by atoms with Gasteiger partial charge in [0.05, 0.1) is 0 Å². The lowest BCUT2D eigenvalue weighted by atomic mass is 9.83. The summed E-state index contributed by atoms with van der Waals surface area (Å²) in [7, 11) is 6.39. The highest BCUT2D eigenvalue weighted by Gasteiger charge is 2.17. The molecular formula is C38H25B. The van der Waals surface area contributed by atoms with Crippen LogP contribution in [-0.2, 0) is 0 Å². The normalized spacial score (nSPS) is 11.2. The van der Waals surface area contributed by atoms with Gasteiger partial charge < -0.3 is 0 Å². The predicted molar refractivity (Wildman–Crippen MR) is 169 cm³/mol. The molecule has 7 aromatic carbocycles. The summed E-state index contributed by atoms with van der Waals surface area (Å²) >= 11 is 0. The van der Waals surface area contributed by atoms with E-state index < -0.39 is 0 Å². The maximum Gasteiger partial charge on any atom is 0.113 e. The molecule has 0 aliphatic carbocycles. The summed E-state index contributed by atoms with van der Waals surface area (Å²) in [4.78, 5) is 0. The first-order chi connectivity index (χ1) is 19.3. The SMILES string of the molecule is [B]c1ccc2c(-c3ccc(-c4ccccc4)cc3)c3ccccc3c(-c3ccc(-c4ccccc4)cc3)c2c1. The second-order valence-corrected chi connectivity index (χ2v) is 9.99. The molecule has 0 aromatic heterocycles. The maximum absolute atomic E-state index is 6.39. The van der Waals surface area contributed by atoms with Crippen LogP contribution in [-0.4, -0.2) is 7.85 Å². The molecule has 0 unspecified atom stereocenters. The van der Waals surface area contributed by atoms with Gasteiger partial charge in [-0.2, -0.15) is 0 Å². The molecule has 0 saturated carbocycles. The summed E-state index contributed by atoms with van der Waals surface area (Å²) in [6.45, 7) is 0. The van der Waals surface area contributed by atoms with Gasteiger partial charge >= 0.3 is 0 Å². The summed E-state index contributed by atoms with van der Waals surface area (Å²) in [6.07, 6.45) is 0. The van der Waals surface area contributed by atoms with Gasteiger partial charge in [0, 0.05) is 0 Å². The number of benzene rings is 7. The van der Waals surface area contributed by atoms with Crippen molar-refractivity contribution < 1.29 is 0 Å². The fraction of sp³-hybridized carbons (Fsp3) is 0. The number of rotatable bonds is 4. The third-order valence-electron chi connectivity index (χ3n) is 7.61. The molecule has 1 heteroatoms. The summed E-state index contributed by atoms with van der Waals surface area (Å²) in [6, 6.07) is 54.0. The molecule has 0 fully saturated rings. The fourth-order valence-electron chi connectivity index (χ4n) is 5.74. The fourth-order valence-corrected chi connectivity index (χ4v) is 5.74. The van der Waals surface area contributed by atoms with Crippen molar-refractivity contribution in [2.75, 3.05) is 0 Å². The third kappa shape index (κ3) is 4.23. The lowest BCUT2D eigenvalue weighted by molar-refractivity contribution is 1.60. The molecule has 0 spiro atoms. The van der Waals surface area contributed by atoms with E-state index in [-0.39, 0.29) is 0 Å². The van der Waals surface area contributed by atoms with Crippen LogP contribution in [0.25, 0.3) is 66.1 Å². The zero-order valence-corrected chi connectivity index (χ0v) is 21.5. The minimum Gasteiger partial charge on any atom is -0.0960 e. The standard InChI is InChI=1S/C38H25B/c39-32-23-24-35-36(25-32)38(31-21-17-29(18-22-31)27-11-5-2-6-12-27)34-14-8-7-13-33(34)37(35)30-19-15-28(16-20-30)26-9-3-1-4-10-26/h1-25H. The van der Waals surface area contributed by atoms with Crippen molar-refractivity contribution >= 4 is 34.9 Å². The van der Waals surface area contributed by atoms with Gasteiger partial charge in [0.2, 0.25) is 0 Å². The molecule has 7 rings (SSSR count). The summed E-state index contributed by atoms with van der Waals surface area (Å²) in [5.41, 5.74) is 10.5. The first kappa shape index (κ1) is 23.3. The van der Waals surface area contributed by atoms with Crippen molar-refractivity contribution in [1.29, 1.82) is 0 Å². The van der Waals surface area contributed by atoms with Gasteiger partial charge in [-0.05, 0) is 66.1 Å². The van der Waals surface area contributed by atoms with E-state index in [1.807, 2.05) is 6.07 Å². The van der Waals surface area contributed by atoms with Crippen LogP contribution >= 0.6 is 0 Å². The summed E-state index contributed by atoms with van der Waals surface area (Å²) in [5.74, 6) is 0. The Balaban J connectivity index is 1.45. The Labute approximate surface area is 230 Å². The minimum atomic E-state index is 0.769. The third-order valence-corrected chi connectivity index (χ3v) is 7.61. The van der Waals surface area contributed by atoms with Gasteiger partial charge in [0.1, 0.15) is 7.85 Å². The van der Waals surface area contributed by atoms with E-state index in [2.05, 4.69) is 146 Å². The Kier molecular flexibility index (Phi) is 5.83. The molecule has 2 radical (unpaired) electrons. The molecule has 0 nitrogen and oxygen atoms in total. The summed E-state index contributed by atoms with van der Waals surface area (Å²) in [5, 5.41) is 4.84. The molecule has 0 heterocycles. The molecule has 39 heavy (non-hydrogen) atoms. The van der Waals surface area contributed by atoms with E-state index in [4.69, 9.17) is 7.85 Å². The van der Waals surface area contributed by atoms with Crippen molar-refractivity contribution in [3.63, 3.8) is 0 Å². The molecule has 0 atom stereocenters. The van der Waals surface area contributed by atoms with Gasteiger partial charge in [0.25, 0.3) is 0 Å². The second kappa shape index (κ2) is 9.78. The first-order valence-corrected chi connectivity index (χ1v) is 13.3. The number of hydrogen-bond acceptors (Lipinski definition) is 0. The minimum absolute atomic E-state index is 0.769. The van der Waals surface area contributed by atoms with Crippen LogP contribution in [0.2, 0.25) is 0 Å². The van der Waals surface area contributed by atoms with Gasteiger partial charge in [-0.3, -0.25) is 0 Å². The Bertz CT molecular complexity index is 1920. The van der Waals surface area contributed by atoms with Gasteiger partial charge in [-0.25, -0.2) is 0 Å². The van der Waals surface area contributed by atoms with E-state index in [0.717, 1.165) is 5.46 Å². The van der Waals surface area contributed by atoms with Crippen LogP contribution in [0.1, 0.15) is 0 Å². The van der Waals surface area contributed by atoms with Crippen LogP contribution in [0, 0.1) is 0 Å². The Morgan fingerprint density at radius 1 is 0.282 bits per heavy atom. The van der Waals surface area contributed by atoms with Crippen molar-refractivity contribution in [3.8, 4) is 44.5 Å². The monoisotopic (exact) mass is 492 g/mol. The molecule has 0 amide bonds. The molecule has 180 valence electrons. The Hall–Kier alpha value is -4.88. The molecule has 0 aliphatic rings. The lowest BCUT2D eigenvalue weighted by Gasteiger charge is -2.19. The quantitative estimate of drug-likeness (QED) is 0.170. The first-order valence-electron chi connectivity index (χ1n) is 13.3. The predicted octanol–water partition coefficient (Wildman–Crippen LogP) is 9.45. The van der Waals surface area contributed by atoms with E-state index in [9.17, 15) is 0 Å². The van der Waals surface area contributed by atoms with Crippen LogP contribution in [0.5, 0.6) is 0 Å². The van der Waals surface area contributed by atoms with Crippen LogP contribution < -0.4 is 5.46 Å². The molecule has 0 aliphatic heterocycles. The Morgan fingerprint density at radius 3 is 1.13 bits per heavy atom. The Morgan fingerprint density at radius 2 is 0.641 bits per heavy atom. The topological polar surface area (TPSA) is 0 Å². The summed E-state index contributed by atoms with van der Waals surface area (Å²) < 4.78 is 0. The van der Waals surface area contributed by atoms with Gasteiger partial charge in [-0.1, -0.05) is 157 Å². The molecular weight excluding hydrogens is 467 g/mol. The lowest BCUT2D eigenvalue weighted by Crippen LogP contribution is -2.02. The van der Waals surface area contributed by atoms with Crippen molar-refractivity contribution in [3.05, 3.63) is 152 Å². The molecule has 7 aromatic rings. The zero-order valence-electron chi connectivity index (χ0n) is 21.5.